The third kappa shape index (κ3) is 4.29. The van der Waals surface area contributed by atoms with E-state index in [1.807, 2.05) is 50.2 Å². The summed E-state index contributed by atoms with van der Waals surface area (Å²) < 4.78 is 1.02. The molecule has 0 bridgehead atoms. The first kappa shape index (κ1) is 15.5. The zero-order valence-corrected chi connectivity index (χ0v) is 13.6. The summed E-state index contributed by atoms with van der Waals surface area (Å²) in [6.45, 7) is 4.71. The molecule has 0 aliphatic rings. The normalized spacial score (nSPS) is 11.8. The zero-order valence-electron chi connectivity index (χ0n) is 12.1. The molecule has 5 heteroatoms. The van der Waals surface area contributed by atoms with Crippen LogP contribution >= 0.6 is 15.9 Å². The van der Waals surface area contributed by atoms with Gasteiger partial charge in [-0.1, -0.05) is 34.1 Å². The van der Waals surface area contributed by atoms with Crippen LogP contribution in [0, 0.1) is 0 Å². The summed E-state index contributed by atoms with van der Waals surface area (Å²) in [6.07, 6.45) is 0. The number of nitrogens with one attached hydrogen (secondary N) is 2. The van der Waals surface area contributed by atoms with Gasteiger partial charge in [0, 0.05) is 11.0 Å². The second kappa shape index (κ2) is 7.22. The van der Waals surface area contributed by atoms with E-state index in [0.29, 0.717) is 11.5 Å². The molecule has 1 atom stereocenters. The van der Waals surface area contributed by atoms with Gasteiger partial charge in [0.2, 0.25) is 0 Å². The zero-order chi connectivity index (χ0) is 15.2. The van der Waals surface area contributed by atoms with Crippen molar-refractivity contribution >= 4 is 27.7 Å². The number of pyridine rings is 1. The molecule has 2 rings (SSSR count). The first-order chi connectivity index (χ1) is 10.1. The Morgan fingerprint density at radius 3 is 2.62 bits per heavy atom. The minimum atomic E-state index is -0.176. The Balaban J connectivity index is 2.06. The number of anilines is 1. The number of carbonyl (C=O) groups excluding carboxylic acids is 1. The quantitative estimate of drug-likeness (QED) is 0.865. The van der Waals surface area contributed by atoms with Gasteiger partial charge in [0.05, 0.1) is 6.04 Å². The van der Waals surface area contributed by atoms with Crippen molar-refractivity contribution in [3.63, 3.8) is 0 Å². The fourth-order valence-corrected chi connectivity index (χ4v) is 2.21. The minimum Gasteiger partial charge on any atom is -0.370 e. The van der Waals surface area contributed by atoms with Gasteiger partial charge in [0.15, 0.2) is 0 Å². The second-order valence-corrected chi connectivity index (χ2v) is 5.60. The van der Waals surface area contributed by atoms with Gasteiger partial charge in [-0.15, -0.1) is 0 Å². The minimum absolute atomic E-state index is 0.0739. The standard InChI is InChI=1S/C16H18BrN3O/c1-3-18-15-6-4-5-14(20-15)16(21)19-11(2)12-7-9-13(17)10-8-12/h4-11H,3H2,1-2H3,(H,18,20)(H,19,21). The Morgan fingerprint density at radius 2 is 1.95 bits per heavy atom. The van der Waals surface area contributed by atoms with Gasteiger partial charge in [0.1, 0.15) is 11.5 Å². The summed E-state index contributed by atoms with van der Waals surface area (Å²) in [5.74, 6) is 0.534. The van der Waals surface area contributed by atoms with Crippen molar-refractivity contribution in [3.05, 3.63) is 58.2 Å². The highest BCUT2D eigenvalue weighted by Crippen LogP contribution is 2.17. The molecule has 0 aliphatic heterocycles. The summed E-state index contributed by atoms with van der Waals surface area (Å²) in [4.78, 5) is 16.5. The van der Waals surface area contributed by atoms with Crippen LogP contribution in [0.4, 0.5) is 5.82 Å². The fraction of sp³-hybridized carbons (Fsp3) is 0.250. The van der Waals surface area contributed by atoms with Crippen LogP contribution < -0.4 is 10.6 Å². The lowest BCUT2D eigenvalue weighted by Crippen LogP contribution is -2.27. The van der Waals surface area contributed by atoms with E-state index in [1.165, 1.54) is 0 Å². The van der Waals surface area contributed by atoms with Crippen molar-refractivity contribution in [2.24, 2.45) is 0 Å². The monoisotopic (exact) mass is 347 g/mol. The Bertz CT molecular complexity index is 613. The number of hydrogen-bond acceptors (Lipinski definition) is 3. The van der Waals surface area contributed by atoms with Crippen molar-refractivity contribution in [2.75, 3.05) is 11.9 Å². The lowest BCUT2D eigenvalue weighted by molar-refractivity contribution is 0.0935. The molecule has 0 saturated heterocycles. The summed E-state index contributed by atoms with van der Waals surface area (Å²) in [5, 5.41) is 6.05. The molecule has 21 heavy (non-hydrogen) atoms. The molecular formula is C16H18BrN3O. The van der Waals surface area contributed by atoms with Crippen LogP contribution in [0.5, 0.6) is 0 Å². The molecular weight excluding hydrogens is 330 g/mol. The smallest absolute Gasteiger partial charge is 0.270 e. The van der Waals surface area contributed by atoms with Crippen molar-refractivity contribution < 1.29 is 4.79 Å². The van der Waals surface area contributed by atoms with Crippen molar-refractivity contribution in [1.29, 1.82) is 0 Å². The molecule has 110 valence electrons. The van der Waals surface area contributed by atoms with E-state index in [-0.39, 0.29) is 11.9 Å². The van der Waals surface area contributed by atoms with Crippen LogP contribution in [0.15, 0.2) is 46.9 Å². The fourth-order valence-electron chi connectivity index (χ4n) is 1.95. The van der Waals surface area contributed by atoms with Gasteiger partial charge in [-0.2, -0.15) is 0 Å². The van der Waals surface area contributed by atoms with Gasteiger partial charge in [-0.25, -0.2) is 4.98 Å². The van der Waals surface area contributed by atoms with Crippen molar-refractivity contribution in [3.8, 4) is 0 Å². The molecule has 1 aromatic heterocycles. The maximum Gasteiger partial charge on any atom is 0.270 e. The number of aromatic nitrogens is 1. The van der Waals surface area contributed by atoms with E-state index >= 15 is 0 Å². The van der Waals surface area contributed by atoms with Crippen LogP contribution in [0.2, 0.25) is 0 Å². The van der Waals surface area contributed by atoms with Gasteiger partial charge in [-0.05, 0) is 43.7 Å². The molecule has 0 aliphatic carbocycles. The largest absolute Gasteiger partial charge is 0.370 e. The summed E-state index contributed by atoms with van der Waals surface area (Å²) in [5.41, 5.74) is 1.46. The van der Waals surface area contributed by atoms with Crippen LogP contribution in [0.25, 0.3) is 0 Å². The topological polar surface area (TPSA) is 54.0 Å². The molecule has 0 radical (unpaired) electrons. The highest BCUT2D eigenvalue weighted by molar-refractivity contribution is 9.10. The van der Waals surface area contributed by atoms with E-state index in [9.17, 15) is 4.79 Å². The maximum absolute atomic E-state index is 12.2. The van der Waals surface area contributed by atoms with E-state index in [1.54, 1.807) is 6.07 Å². The van der Waals surface area contributed by atoms with E-state index < -0.39 is 0 Å². The molecule has 1 amide bonds. The van der Waals surface area contributed by atoms with Crippen molar-refractivity contribution in [2.45, 2.75) is 19.9 Å². The lowest BCUT2D eigenvalue weighted by Gasteiger charge is -2.14. The first-order valence-corrected chi connectivity index (χ1v) is 7.66. The molecule has 0 fully saturated rings. The Kier molecular flexibility index (Phi) is 5.33. The molecule has 1 heterocycles. The molecule has 2 N–H and O–H groups in total. The second-order valence-electron chi connectivity index (χ2n) is 4.69. The van der Waals surface area contributed by atoms with Gasteiger partial charge >= 0.3 is 0 Å². The first-order valence-electron chi connectivity index (χ1n) is 6.87. The van der Waals surface area contributed by atoms with Crippen molar-refractivity contribution in [1.82, 2.24) is 10.3 Å². The molecule has 0 spiro atoms. The molecule has 1 unspecified atom stereocenters. The van der Waals surface area contributed by atoms with Crippen LogP contribution in [0.3, 0.4) is 0 Å². The van der Waals surface area contributed by atoms with Crippen LogP contribution in [-0.4, -0.2) is 17.4 Å². The lowest BCUT2D eigenvalue weighted by atomic mass is 10.1. The number of amides is 1. The molecule has 2 aromatic rings. The average Bonchev–Trinajstić information content (AvgIpc) is 2.48. The van der Waals surface area contributed by atoms with Crippen LogP contribution in [-0.2, 0) is 0 Å². The number of carbonyl (C=O) groups is 1. The Hall–Kier alpha value is -1.88. The SMILES string of the molecule is CCNc1cccc(C(=O)NC(C)c2ccc(Br)cc2)n1. The predicted octanol–water partition coefficient (Wildman–Crippen LogP) is 3.77. The van der Waals surface area contributed by atoms with Crippen LogP contribution in [0.1, 0.15) is 35.9 Å². The van der Waals surface area contributed by atoms with E-state index in [4.69, 9.17) is 0 Å². The van der Waals surface area contributed by atoms with E-state index in [2.05, 4.69) is 31.5 Å². The predicted molar refractivity (Wildman–Crippen MR) is 88.4 cm³/mol. The number of hydrogen-bond donors (Lipinski definition) is 2. The summed E-state index contributed by atoms with van der Waals surface area (Å²) in [7, 11) is 0. The molecule has 0 saturated carbocycles. The summed E-state index contributed by atoms with van der Waals surface area (Å²) in [6, 6.07) is 13.2. The third-order valence-electron chi connectivity index (χ3n) is 3.06. The number of nitrogens with zero attached hydrogens (tertiary/aromatic N) is 1. The van der Waals surface area contributed by atoms with E-state index in [0.717, 1.165) is 16.6 Å². The number of benzene rings is 1. The molecule has 1 aromatic carbocycles. The van der Waals surface area contributed by atoms with Gasteiger partial charge in [-0.3, -0.25) is 4.79 Å². The highest BCUT2D eigenvalue weighted by atomic mass is 79.9. The Labute approximate surface area is 133 Å². The van der Waals surface area contributed by atoms with Gasteiger partial charge < -0.3 is 10.6 Å². The Morgan fingerprint density at radius 1 is 1.24 bits per heavy atom. The maximum atomic E-state index is 12.2. The highest BCUT2D eigenvalue weighted by Gasteiger charge is 2.12. The van der Waals surface area contributed by atoms with Gasteiger partial charge in [0.25, 0.3) is 5.91 Å². The number of rotatable bonds is 5. The average molecular weight is 348 g/mol. The number of halogens is 1. The molecule has 4 nitrogen and oxygen atoms in total. The summed E-state index contributed by atoms with van der Waals surface area (Å²) >= 11 is 3.40. The third-order valence-corrected chi connectivity index (χ3v) is 3.59.